The molecule has 2 aromatic heterocycles. The van der Waals surface area contributed by atoms with E-state index in [4.69, 9.17) is 4.42 Å². The van der Waals surface area contributed by atoms with Gasteiger partial charge in [-0.2, -0.15) is 4.98 Å². The summed E-state index contributed by atoms with van der Waals surface area (Å²) in [6, 6.07) is 6.55. The van der Waals surface area contributed by atoms with Gasteiger partial charge in [-0.1, -0.05) is 0 Å². The molecule has 0 saturated heterocycles. The zero-order chi connectivity index (χ0) is 13.9. The molecule has 106 valence electrons. The SMILES string of the molecule is CCNc1nc(C)cc(N(Cc2ccco2)C2CC2)n1. The van der Waals surface area contributed by atoms with Gasteiger partial charge in [-0.3, -0.25) is 0 Å². The van der Waals surface area contributed by atoms with E-state index in [1.807, 2.05) is 32.0 Å². The van der Waals surface area contributed by atoms with Crippen LogP contribution in [-0.4, -0.2) is 22.6 Å². The zero-order valence-electron chi connectivity index (χ0n) is 12.0. The van der Waals surface area contributed by atoms with Crippen LogP contribution in [0.2, 0.25) is 0 Å². The van der Waals surface area contributed by atoms with Gasteiger partial charge in [0.15, 0.2) is 0 Å². The molecule has 0 amide bonds. The topological polar surface area (TPSA) is 54.2 Å². The van der Waals surface area contributed by atoms with Gasteiger partial charge in [0.05, 0.1) is 12.8 Å². The molecular weight excluding hydrogens is 252 g/mol. The zero-order valence-corrected chi connectivity index (χ0v) is 12.0. The number of nitrogens with zero attached hydrogens (tertiary/aromatic N) is 3. The number of aryl methyl sites for hydroxylation is 1. The maximum Gasteiger partial charge on any atom is 0.224 e. The standard InChI is InChI=1S/C15H20N4O/c1-3-16-15-17-11(2)9-14(18-15)19(12-6-7-12)10-13-5-4-8-20-13/h4-5,8-9,12H,3,6-7,10H2,1-2H3,(H,16,17,18). The normalized spacial score (nSPS) is 14.3. The minimum absolute atomic E-state index is 0.573. The highest BCUT2D eigenvalue weighted by Gasteiger charge is 2.31. The first-order valence-electron chi connectivity index (χ1n) is 7.15. The van der Waals surface area contributed by atoms with Crippen LogP contribution in [0.15, 0.2) is 28.9 Å². The predicted molar refractivity (Wildman–Crippen MR) is 78.8 cm³/mol. The second kappa shape index (κ2) is 5.53. The summed E-state index contributed by atoms with van der Waals surface area (Å²) in [6.45, 7) is 5.64. The summed E-state index contributed by atoms with van der Waals surface area (Å²) in [4.78, 5) is 11.4. The average Bonchev–Trinajstić information content (AvgIpc) is 3.12. The van der Waals surface area contributed by atoms with Crippen LogP contribution in [0.5, 0.6) is 0 Å². The highest BCUT2D eigenvalue weighted by atomic mass is 16.3. The molecule has 1 aliphatic carbocycles. The molecule has 3 rings (SSSR count). The summed E-state index contributed by atoms with van der Waals surface area (Å²) in [5.74, 6) is 2.65. The lowest BCUT2D eigenvalue weighted by atomic mass is 10.3. The Morgan fingerprint density at radius 3 is 2.90 bits per heavy atom. The van der Waals surface area contributed by atoms with E-state index in [1.165, 1.54) is 12.8 Å². The first-order valence-corrected chi connectivity index (χ1v) is 7.15. The van der Waals surface area contributed by atoms with E-state index in [0.717, 1.165) is 30.4 Å². The van der Waals surface area contributed by atoms with Gasteiger partial charge in [0.1, 0.15) is 11.6 Å². The van der Waals surface area contributed by atoms with Crippen molar-refractivity contribution in [2.45, 2.75) is 39.3 Å². The summed E-state index contributed by atoms with van der Waals surface area (Å²) in [7, 11) is 0. The van der Waals surface area contributed by atoms with E-state index in [1.54, 1.807) is 6.26 Å². The smallest absolute Gasteiger partial charge is 0.224 e. The van der Waals surface area contributed by atoms with Gasteiger partial charge in [0.25, 0.3) is 0 Å². The van der Waals surface area contributed by atoms with Gasteiger partial charge < -0.3 is 14.6 Å². The number of hydrogen-bond acceptors (Lipinski definition) is 5. The lowest BCUT2D eigenvalue weighted by Crippen LogP contribution is -2.26. The van der Waals surface area contributed by atoms with Crippen molar-refractivity contribution >= 4 is 11.8 Å². The number of rotatable bonds is 6. The Labute approximate surface area is 119 Å². The fraction of sp³-hybridized carbons (Fsp3) is 0.467. The van der Waals surface area contributed by atoms with Gasteiger partial charge in [-0.15, -0.1) is 0 Å². The average molecular weight is 272 g/mol. The van der Waals surface area contributed by atoms with E-state index in [-0.39, 0.29) is 0 Å². The van der Waals surface area contributed by atoms with Crippen LogP contribution in [0.4, 0.5) is 11.8 Å². The highest BCUT2D eigenvalue weighted by Crippen LogP contribution is 2.32. The Morgan fingerprint density at radius 2 is 2.25 bits per heavy atom. The second-order valence-electron chi connectivity index (χ2n) is 5.16. The van der Waals surface area contributed by atoms with Crippen LogP contribution in [0, 0.1) is 6.92 Å². The Hall–Kier alpha value is -2.04. The van der Waals surface area contributed by atoms with Gasteiger partial charge in [0.2, 0.25) is 5.95 Å². The lowest BCUT2D eigenvalue weighted by Gasteiger charge is -2.23. The third kappa shape index (κ3) is 2.92. The van der Waals surface area contributed by atoms with E-state index in [2.05, 4.69) is 20.2 Å². The minimum Gasteiger partial charge on any atom is -0.467 e. The summed E-state index contributed by atoms with van der Waals surface area (Å²) in [5.41, 5.74) is 0.982. The summed E-state index contributed by atoms with van der Waals surface area (Å²) in [6.07, 6.45) is 4.16. The van der Waals surface area contributed by atoms with Crippen molar-refractivity contribution in [1.29, 1.82) is 0 Å². The maximum atomic E-state index is 5.47. The molecule has 1 N–H and O–H groups in total. The second-order valence-corrected chi connectivity index (χ2v) is 5.16. The van der Waals surface area contributed by atoms with Gasteiger partial charge in [0, 0.05) is 24.3 Å². The minimum atomic E-state index is 0.573. The molecule has 0 spiro atoms. The molecule has 2 heterocycles. The summed E-state index contributed by atoms with van der Waals surface area (Å²) in [5, 5.41) is 3.19. The third-order valence-corrected chi connectivity index (χ3v) is 3.36. The predicted octanol–water partition coefficient (Wildman–Crippen LogP) is 2.98. The fourth-order valence-electron chi connectivity index (χ4n) is 2.29. The van der Waals surface area contributed by atoms with Crippen LogP contribution in [0.1, 0.15) is 31.2 Å². The largest absolute Gasteiger partial charge is 0.467 e. The van der Waals surface area contributed by atoms with Gasteiger partial charge in [-0.05, 0) is 38.8 Å². The van der Waals surface area contributed by atoms with Crippen molar-refractivity contribution in [2.24, 2.45) is 0 Å². The molecule has 5 nitrogen and oxygen atoms in total. The molecule has 0 bridgehead atoms. The van der Waals surface area contributed by atoms with Crippen LogP contribution >= 0.6 is 0 Å². The van der Waals surface area contributed by atoms with Crippen molar-refractivity contribution in [3.8, 4) is 0 Å². The molecule has 1 aliphatic rings. The monoisotopic (exact) mass is 272 g/mol. The Bertz CT molecular complexity index is 563. The van der Waals surface area contributed by atoms with Crippen molar-refractivity contribution < 1.29 is 4.42 Å². The number of furan rings is 1. The first kappa shape index (κ1) is 13.0. The molecular formula is C15H20N4O. The van der Waals surface area contributed by atoms with Crippen molar-refractivity contribution in [2.75, 3.05) is 16.8 Å². The quantitative estimate of drug-likeness (QED) is 0.876. The van der Waals surface area contributed by atoms with Crippen LogP contribution in [-0.2, 0) is 6.54 Å². The maximum absolute atomic E-state index is 5.47. The van der Waals surface area contributed by atoms with Gasteiger partial charge >= 0.3 is 0 Å². The van der Waals surface area contributed by atoms with Crippen molar-refractivity contribution in [3.05, 3.63) is 35.9 Å². The molecule has 0 aliphatic heterocycles. The third-order valence-electron chi connectivity index (χ3n) is 3.36. The van der Waals surface area contributed by atoms with Crippen LogP contribution < -0.4 is 10.2 Å². The van der Waals surface area contributed by atoms with Gasteiger partial charge in [-0.25, -0.2) is 4.98 Å². The molecule has 1 saturated carbocycles. The van der Waals surface area contributed by atoms with E-state index >= 15 is 0 Å². The molecule has 0 atom stereocenters. The highest BCUT2D eigenvalue weighted by molar-refractivity contribution is 5.47. The fourth-order valence-corrected chi connectivity index (χ4v) is 2.29. The van der Waals surface area contributed by atoms with E-state index < -0.39 is 0 Å². The Balaban J connectivity index is 1.86. The summed E-state index contributed by atoms with van der Waals surface area (Å²) >= 11 is 0. The van der Waals surface area contributed by atoms with Crippen molar-refractivity contribution in [3.63, 3.8) is 0 Å². The van der Waals surface area contributed by atoms with Crippen molar-refractivity contribution in [1.82, 2.24) is 9.97 Å². The lowest BCUT2D eigenvalue weighted by molar-refractivity contribution is 0.500. The van der Waals surface area contributed by atoms with Crippen LogP contribution in [0.3, 0.4) is 0 Å². The van der Waals surface area contributed by atoms with E-state index in [0.29, 0.717) is 12.0 Å². The number of nitrogens with one attached hydrogen (secondary N) is 1. The van der Waals surface area contributed by atoms with E-state index in [9.17, 15) is 0 Å². The molecule has 20 heavy (non-hydrogen) atoms. The number of anilines is 2. The first-order chi connectivity index (χ1) is 9.76. The Morgan fingerprint density at radius 1 is 1.40 bits per heavy atom. The molecule has 0 aromatic carbocycles. The molecule has 0 radical (unpaired) electrons. The molecule has 0 unspecified atom stereocenters. The summed E-state index contributed by atoms with van der Waals surface area (Å²) < 4.78 is 5.47. The number of aromatic nitrogens is 2. The number of hydrogen-bond donors (Lipinski definition) is 1. The molecule has 5 heteroatoms. The molecule has 2 aromatic rings. The molecule has 1 fully saturated rings. The Kier molecular flexibility index (Phi) is 3.58. The van der Waals surface area contributed by atoms with Crippen LogP contribution in [0.25, 0.3) is 0 Å².